The van der Waals surface area contributed by atoms with E-state index in [0.29, 0.717) is 35.4 Å². The zero-order valence-corrected chi connectivity index (χ0v) is 20.5. The summed E-state index contributed by atoms with van der Waals surface area (Å²) in [6.45, 7) is 8.06. The van der Waals surface area contributed by atoms with Crippen molar-refractivity contribution in [1.82, 2.24) is 14.2 Å². The summed E-state index contributed by atoms with van der Waals surface area (Å²) in [7, 11) is 0.0256. The van der Waals surface area contributed by atoms with E-state index in [-0.39, 0.29) is 10.5 Å². The Bertz CT molecular complexity index is 1350. The van der Waals surface area contributed by atoms with Gasteiger partial charge in [-0.15, -0.1) is 0 Å². The number of nitrogens with one attached hydrogen (secondary N) is 2. The number of carbonyl (C=O) groups is 1. The number of aryl methyl sites for hydroxylation is 1. The average molecular weight is 475 g/mol. The number of benzene rings is 2. The van der Waals surface area contributed by atoms with Gasteiger partial charge in [0.2, 0.25) is 10.0 Å². The molecule has 0 saturated carbocycles. The fraction of sp³-hybridized carbons (Fsp3) is 0.391. The van der Waals surface area contributed by atoms with Crippen molar-refractivity contribution in [1.29, 1.82) is 0 Å². The van der Waals surface area contributed by atoms with Crippen LogP contribution < -0.4 is 15.8 Å². The van der Waals surface area contributed by atoms with E-state index in [0.717, 1.165) is 0 Å². The lowest BCUT2D eigenvalue weighted by Gasteiger charge is -2.20. The number of oxazole rings is 1. The van der Waals surface area contributed by atoms with Crippen LogP contribution in [0.3, 0.4) is 0 Å². The van der Waals surface area contributed by atoms with Crippen molar-refractivity contribution in [2.75, 3.05) is 26.0 Å². The first-order chi connectivity index (χ1) is 15.3. The monoisotopic (exact) mass is 474 g/mol. The zero-order chi connectivity index (χ0) is 24.6. The van der Waals surface area contributed by atoms with Crippen molar-refractivity contribution in [3.63, 3.8) is 0 Å². The smallest absolute Gasteiger partial charge is 0.408 e. The fourth-order valence-electron chi connectivity index (χ4n) is 3.32. The maximum Gasteiger partial charge on any atom is 0.419 e. The van der Waals surface area contributed by atoms with E-state index in [9.17, 15) is 18.0 Å². The third-order valence-corrected chi connectivity index (χ3v) is 6.66. The highest BCUT2D eigenvalue weighted by atomic mass is 32.2. The number of amides is 1. The third-order valence-electron chi connectivity index (χ3n) is 4.90. The molecule has 1 aromatic heterocycles. The molecule has 0 unspecified atom stereocenters. The predicted octanol–water partition coefficient (Wildman–Crippen LogP) is 2.79. The van der Waals surface area contributed by atoms with Gasteiger partial charge in [0, 0.05) is 29.9 Å². The van der Waals surface area contributed by atoms with Gasteiger partial charge in [0.15, 0.2) is 5.58 Å². The topological polar surface area (TPSA) is 114 Å². The minimum atomic E-state index is -3.79. The van der Waals surface area contributed by atoms with Crippen LogP contribution in [0.1, 0.15) is 36.7 Å². The largest absolute Gasteiger partial charge is 0.419 e. The van der Waals surface area contributed by atoms with E-state index in [1.54, 1.807) is 52.0 Å². The van der Waals surface area contributed by atoms with Crippen LogP contribution in [0.2, 0.25) is 0 Å². The number of fused-ring (bicyclic) bond motifs is 1. The summed E-state index contributed by atoms with van der Waals surface area (Å²) < 4.78 is 34.8. The minimum Gasteiger partial charge on any atom is -0.408 e. The summed E-state index contributed by atoms with van der Waals surface area (Å²) in [5.41, 5.74) is 1.68. The Morgan fingerprint density at radius 1 is 1.12 bits per heavy atom. The van der Waals surface area contributed by atoms with Gasteiger partial charge in [-0.05, 0) is 77.7 Å². The molecule has 0 aliphatic heterocycles. The predicted molar refractivity (Wildman–Crippen MR) is 128 cm³/mol. The van der Waals surface area contributed by atoms with Gasteiger partial charge in [0.05, 0.1) is 10.4 Å². The van der Waals surface area contributed by atoms with Gasteiger partial charge >= 0.3 is 5.76 Å². The van der Waals surface area contributed by atoms with Crippen LogP contribution in [-0.4, -0.2) is 50.0 Å². The molecule has 0 bridgehead atoms. The Labute approximate surface area is 193 Å². The molecule has 0 radical (unpaired) electrons. The Morgan fingerprint density at radius 3 is 2.45 bits per heavy atom. The van der Waals surface area contributed by atoms with E-state index in [1.807, 2.05) is 19.0 Å². The molecule has 0 atom stereocenters. The maximum atomic E-state index is 13.0. The molecular formula is C23H30N4O5S. The first-order valence-electron chi connectivity index (χ1n) is 10.5. The van der Waals surface area contributed by atoms with Gasteiger partial charge in [-0.1, -0.05) is 6.07 Å². The Morgan fingerprint density at radius 2 is 1.82 bits per heavy atom. The van der Waals surface area contributed by atoms with Crippen LogP contribution in [0.25, 0.3) is 11.1 Å². The van der Waals surface area contributed by atoms with Crippen LogP contribution in [-0.2, 0) is 16.6 Å². The number of carbonyl (C=O) groups excluding carboxylic acids is 1. The van der Waals surface area contributed by atoms with Gasteiger partial charge in [-0.3, -0.25) is 9.36 Å². The van der Waals surface area contributed by atoms with Gasteiger partial charge in [0.25, 0.3) is 5.91 Å². The van der Waals surface area contributed by atoms with Gasteiger partial charge in [-0.2, -0.15) is 0 Å². The van der Waals surface area contributed by atoms with E-state index in [2.05, 4.69) is 10.0 Å². The van der Waals surface area contributed by atoms with Crippen LogP contribution in [0, 0.1) is 6.92 Å². The Hall–Kier alpha value is -2.95. The lowest BCUT2D eigenvalue weighted by molar-refractivity contribution is 0.102. The third kappa shape index (κ3) is 5.89. The lowest BCUT2D eigenvalue weighted by Crippen LogP contribution is -2.40. The summed E-state index contributed by atoms with van der Waals surface area (Å²) in [6.07, 6.45) is 0. The maximum absolute atomic E-state index is 13.0. The molecule has 3 rings (SSSR count). The number of aromatic nitrogens is 1. The van der Waals surface area contributed by atoms with Crippen molar-refractivity contribution in [3.8, 4) is 0 Å². The standard InChI is InChI=1S/C23H30N4O5S/c1-15-7-9-17(33(30,31)25-23(2,3)4)14-18(15)21(28)24-16-8-10-20-19(13-16)27(22(29)32-20)12-11-26(5)6/h7-10,13-14,25H,11-12H2,1-6H3,(H,24,28). The first kappa shape index (κ1) is 24.7. The summed E-state index contributed by atoms with van der Waals surface area (Å²) in [4.78, 5) is 27.2. The molecule has 9 nitrogen and oxygen atoms in total. The minimum absolute atomic E-state index is 0.0102. The highest BCUT2D eigenvalue weighted by Gasteiger charge is 2.23. The number of rotatable bonds is 7. The molecule has 1 amide bonds. The number of hydrogen-bond donors (Lipinski definition) is 2. The van der Waals surface area contributed by atoms with Crippen LogP contribution >= 0.6 is 0 Å². The van der Waals surface area contributed by atoms with E-state index in [4.69, 9.17) is 4.42 Å². The molecule has 0 fully saturated rings. The second kappa shape index (κ2) is 9.12. The second-order valence-electron chi connectivity index (χ2n) is 9.29. The molecule has 10 heteroatoms. The summed E-state index contributed by atoms with van der Waals surface area (Å²) in [6, 6.07) is 9.37. The summed E-state index contributed by atoms with van der Waals surface area (Å²) in [5, 5.41) is 2.80. The quantitative estimate of drug-likeness (QED) is 0.544. The molecule has 2 N–H and O–H groups in total. The molecule has 178 valence electrons. The molecule has 33 heavy (non-hydrogen) atoms. The Balaban J connectivity index is 1.91. The molecule has 2 aromatic carbocycles. The van der Waals surface area contributed by atoms with Crippen LogP contribution in [0.4, 0.5) is 5.69 Å². The normalized spacial score (nSPS) is 12.5. The van der Waals surface area contributed by atoms with Gasteiger partial charge in [0.1, 0.15) is 0 Å². The van der Waals surface area contributed by atoms with Crippen molar-refractivity contribution in [2.24, 2.45) is 0 Å². The number of hydrogen-bond acceptors (Lipinski definition) is 6. The van der Waals surface area contributed by atoms with Crippen LogP contribution in [0.5, 0.6) is 0 Å². The molecule has 0 aliphatic rings. The summed E-state index contributed by atoms with van der Waals surface area (Å²) in [5.74, 6) is -0.916. The SMILES string of the molecule is Cc1ccc(S(=O)(=O)NC(C)(C)C)cc1C(=O)Nc1ccc2oc(=O)n(CCN(C)C)c2c1. The first-order valence-corrected chi connectivity index (χ1v) is 12.0. The van der Waals surface area contributed by atoms with E-state index >= 15 is 0 Å². The molecule has 3 aromatic rings. The molecule has 0 saturated heterocycles. The van der Waals surface area contributed by atoms with Crippen LogP contribution in [0.15, 0.2) is 50.5 Å². The van der Waals surface area contributed by atoms with Crippen molar-refractivity contribution >= 4 is 32.7 Å². The zero-order valence-electron chi connectivity index (χ0n) is 19.7. The number of likely N-dealkylation sites (N-methyl/N-ethyl adjacent to an activating group) is 1. The number of sulfonamides is 1. The van der Waals surface area contributed by atoms with Crippen molar-refractivity contribution < 1.29 is 17.6 Å². The molecular weight excluding hydrogens is 444 g/mol. The second-order valence-corrected chi connectivity index (χ2v) is 11.0. The molecule has 1 heterocycles. The van der Waals surface area contributed by atoms with Crippen molar-refractivity contribution in [2.45, 2.75) is 44.7 Å². The highest BCUT2D eigenvalue weighted by Crippen LogP contribution is 2.22. The van der Waals surface area contributed by atoms with E-state index < -0.39 is 27.2 Å². The van der Waals surface area contributed by atoms with Gasteiger partial charge in [-0.25, -0.2) is 17.9 Å². The van der Waals surface area contributed by atoms with Crippen molar-refractivity contribution in [3.05, 3.63) is 58.1 Å². The Kier molecular flexibility index (Phi) is 6.83. The summed E-state index contributed by atoms with van der Waals surface area (Å²) >= 11 is 0. The highest BCUT2D eigenvalue weighted by molar-refractivity contribution is 7.89. The fourth-order valence-corrected chi connectivity index (χ4v) is 4.77. The van der Waals surface area contributed by atoms with E-state index in [1.165, 1.54) is 16.7 Å². The van der Waals surface area contributed by atoms with Gasteiger partial charge < -0.3 is 14.6 Å². The molecule has 0 aliphatic carbocycles. The number of anilines is 1. The number of nitrogens with zero attached hydrogens (tertiary/aromatic N) is 2. The average Bonchev–Trinajstić information content (AvgIpc) is 2.99. The molecule has 0 spiro atoms. The lowest BCUT2D eigenvalue weighted by atomic mass is 10.1.